The van der Waals surface area contributed by atoms with Gasteiger partial charge in [-0.05, 0) is 42.9 Å². The highest BCUT2D eigenvalue weighted by Crippen LogP contribution is 2.38. The third-order valence-corrected chi connectivity index (χ3v) is 4.29. The fourth-order valence-corrected chi connectivity index (χ4v) is 3.01. The minimum absolute atomic E-state index is 0.0202. The molecule has 3 N–H and O–H groups in total. The van der Waals surface area contributed by atoms with Crippen molar-refractivity contribution in [3.63, 3.8) is 0 Å². The molecule has 6 heteroatoms. The van der Waals surface area contributed by atoms with E-state index in [4.69, 9.17) is 15.2 Å². The smallest absolute Gasteiger partial charge is 0.239 e. The van der Waals surface area contributed by atoms with Gasteiger partial charge in [0.05, 0.1) is 14.2 Å². The largest absolute Gasteiger partial charge is 0.493 e. The summed E-state index contributed by atoms with van der Waals surface area (Å²) in [5.74, 6) is 0.938. The first-order chi connectivity index (χ1) is 11.8. The molecule has 0 fully saturated rings. The molecule has 6 nitrogen and oxygen atoms in total. The predicted octanol–water partition coefficient (Wildman–Crippen LogP) is 3.14. The molecule has 25 heavy (non-hydrogen) atoms. The molecule has 1 aromatic carbocycles. The number of nitrogens with two attached hydrogens (primary N) is 1. The maximum absolute atomic E-state index is 11.1. The zero-order chi connectivity index (χ0) is 18.6. The molecule has 0 bridgehead atoms. The molecule has 0 radical (unpaired) electrons. The lowest BCUT2D eigenvalue weighted by Gasteiger charge is -2.34. The van der Waals surface area contributed by atoms with Crippen LogP contribution in [-0.4, -0.2) is 32.4 Å². The second-order valence-electron chi connectivity index (χ2n) is 7.05. The van der Waals surface area contributed by atoms with Crippen LogP contribution in [0.15, 0.2) is 34.5 Å². The summed E-state index contributed by atoms with van der Waals surface area (Å²) < 4.78 is 10.6. The van der Waals surface area contributed by atoms with E-state index in [9.17, 15) is 4.79 Å². The number of nitrogens with zero attached hydrogens (tertiary/aromatic N) is 1. The van der Waals surface area contributed by atoms with Gasteiger partial charge in [-0.1, -0.05) is 13.8 Å². The monoisotopic (exact) mass is 345 g/mol. The topological polar surface area (TPSA) is 85.9 Å². The fraction of sp³-hybridized carbons (Fsp3) is 0.474. The molecule has 1 aliphatic rings. The van der Waals surface area contributed by atoms with Gasteiger partial charge in [0.15, 0.2) is 11.5 Å². The Morgan fingerprint density at radius 3 is 2.52 bits per heavy atom. The molecule has 2 rings (SSSR count). The normalized spacial score (nSPS) is 18.2. The van der Waals surface area contributed by atoms with Crippen LogP contribution in [0, 0.1) is 5.41 Å². The van der Waals surface area contributed by atoms with Gasteiger partial charge in [-0.15, -0.1) is 0 Å². The molecule has 0 saturated heterocycles. The molecule has 0 saturated carbocycles. The van der Waals surface area contributed by atoms with Crippen LogP contribution in [-0.2, 0) is 4.79 Å². The minimum atomic E-state index is -0.418. The van der Waals surface area contributed by atoms with E-state index in [1.165, 1.54) is 0 Å². The molecule has 1 aliphatic carbocycles. The Hall–Kier alpha value is -2.50. The van der Waals surface area contributed by atoms with Gasteiger partial charge in [0.25, 0.3) is 0 Å². The van der Waals surface area contributed by atoms with Crippen LogP contribution in [0.1, 0.15) is 33.6 Å². The lowest BCUT2D eigenvalue weighted by atomic mass is 9.75. The minimum Gasteiger partial charge on any atom is -0.493 e. The number of allylic oxidation sites excluding steroid dienone is 2. The molecular weight excluding hydrogens is 318 g/mol. The van der Waals surface area contributed by atoms with E-state index in [-0.39, 0.29) is 12.0 Å². The Morgan fingerprint density at radius 1 is 1.24 bits per heavy atom. The van der Waals surface area contributed by atoms with Crippen molar-refractivity contribution in [2.75, 3.05) is 26.1 Å². The first kappa shape index (κ1) is 18.8. The predicted molar refractivity (Wildman–Crippen MR) is 100 cm³/mol. The molecule has 1 aromatic rings. The van der Waals surface area contributed by atoms with Crippen molar-refractivity contribution in [2.45, 2.75) is 33.6 Å². The molecule has 0 spiro atoms. The van der Waals surface area contributed by atoms with Crippen LogP contribution < -0.4 is 20.5 Å². The Bertz CT molecular complexity index is 721. The van der Waals surface area contributed by atoms with Gasteiger partial charge in [-0.3, -0.25) is 9.79 Å². The lowest BCUT2D eigenvalue weighted by Crippen LogP contribution is -2.28. The van der Waals surface area contributed by atoms with Crippen molar-refractivity contribution in [1.29, 1.82) is 0 Å². The quantitative estimate of drug-likeness (QED) is 0.829. The zero-order valence-electron chi connectivity index (χ0n) is 15.6. The second kappa shape index (κ2) is 7.59. The number of carbonyl (C=O) groups is 1. The second-order valence-corrected chi connectivity index (χ2v) is 7.05. The van der Waals surface area contributed by atoms with E-state index in [0.29, 0.717) is 11.5 Å². The Morgan fingerprint density at radius 2 is 1.92 bits per heavy atom. The van der Waals surface area contributed by atoms with Crippen LogP contribution in [0.5, 0.6) is 11.5 Å². The van der Waals surface area contributed by atoms with Gasteiger partial charge in [0.1, 0.15) is 6.54 Å². The number of hydrogen-bond acceptors (Lipinski definition) is 5. The van der Waals surface area contributed by atoms with Crippen molar-refractivity contribution in [2.24, 2.45) is 16.1 Å². The summed E-state index contributed by atoms with van der Waals surface area (Å²) >= 11 is 0. The van der Waals surface area contributed by atoms with E-state index < -0.39 is 5.91 Å². The summed E-state index contributed by atoms with van der Waals surface area (Å²) in [5.41, 5.74) is 9.29. The number of anilines is 1. The Balaban J connectivity index is 2.33. The van der Waals surface area contributed by atoms with Gasteiger partial charge in [0.2, 0.25) is 5.91 Å². The molecule has 0 heterocycles. The molecule has 0 atom stereocenters. The van der Waals surface area contributed by atoms with Crippen molar-refractivity contribution in [3.05, 3.63) is 29.5 Å². The first-order valence-corrected chi connectivity index (χ1v) is 8.26. The highest BCUT2D eigenvalue weighted by atomic mass is 16.5. The van der Waals surface area contributed by atoms with Crippen molar-refractivity contribution in [3.8, 4) is 11.5 Å². The number of rotatable bonds is 6. The average Bonchev–Trinajstić information content (AvgIpc) is 2.55. The van der Waals surface area contributed by atoms with Crippen molar-refractivity contribution < 1.29 is 14.3 Å². The number of ether oxygens (including phenoxy) is 2. The first-order valence-electron chi connectivity index (χ1n) is 8.26. The van der Waals surface area contributed by atoms with Gasteiger partial charge in [-0.2, -0.15) is 0 Å². The number of amides is 1. The van der Waals surface area contributed by atoms with E-state index in [1.54, 1.807) is 14.2 Å². The number of nitrogens with one attached hydrogen (secondary N) is 1. The lowest BCUT2D eigenvalue weighted by molar-refractivity contribution is -0.116. The summed E-state index contributed by atoms with van der Waals surface area (Å²) in [4.78, 5) is 15.5. The maximum Gasteiger partial charge on any atom is 0.239 e. The maximum atomic E-state index is 11.1. The van der Waals surface area contributed by atoms with Gasteiger partial charge in [0, 0.05) is 23.2 Å². The Kier molecular flexibility index (Phi) is 5.72. The van der Waals surface area contributed by atoms with Crippen molar-refractivity contribution >= 4 is 17.3 Å². The number of hydrogen-bond donors (Lipinski definition) is 2. The zero-order valence-corrected chi connectivity index (χ0v) is 15.6. The molecule has 1 amide bonds. The number of carbonyl (C=O) groups excluding carboxylic acids is 1. The summed E-state index contributed by atoms with van der Waals surface area (Å²) in [6.07, 6.45) is 1.71. The summed E-state index contributed by atoms with van der Waals surface area (Å²) in [7, 11) is 3.23. The average molecular weight is 345 g/mol. The van der Waals surface area contributed by atoms with Gasteiger partial charge < -0.3 is 20.5 Å². The highest BCUT2D eigenvalue weighted by molar-refractivity contribution is 6.02. The standard InChI is InChI=1S/C19H27N3O3/c1-12-14(21-11-18(20)23)9-19(2,3)10-15(12)22-13-6-7-16(24-4)17(8-13)25-5/h6-8,22H,9-11H2,1-5H3,(H2,20,23). The number of primary amides is 1. The van der Waals surface area contributed by atoms with Crippen LogP contribution in [0.25, 0.3) is 0 Å². The van der Waals surface area contributed by atoms with Crippen LogP contribution in [0.2, 0.25) is 0 Å². The molecule has 0 aliphatic heterocycles. The van der Waals surface area contributed by atoms with Crippen LogP contribution >= 0.6 is 0 Å². The third kappa shape index (κ3) is 4.75. The van der Waals surface area contributed by atoms with Crippen LogP contribution in [0.3, 0.4) is 0 Å². The molecule has 0 aromatic heterocycles. The third-order valence-electron chi connectivity index (χ3n) is 4.29. The van der Waals surface area contributed by atoms with Gasteiger partial charge in [-0.25, -0.2) is 0 Å². The summed E-state index contributed by atoms with van der Waals surface area (Å²) in [6, 6.07) is 5.72. The van der Waals surface area contributed by atoms with Gasteiger partial charge >= 0.3 is 0 Å². The molecule has 136 valence electrons. The van der Waals surface area contributed by atoms with Crippen LogP contribution in [0.4, 0.5) is 5.69 Å². The summed E-state index contributed by atoms with van der Waals surface area (Å²) in [5, 5.41) is 3.48. The van der Waals surface area contributed by atoms with E-state index in [0.717, 1.165) is 35.5 Å². The highest BCUT2D eigenvalue weighted by Gasteiger charge is 2.30. The summed E-state index contributed by atoms with van der Waals surface area (Å²) in [6.45, 7) is 6.43. The molecule has 0 unspecified atom stereocenters. The number of aliphatic imine (C=N–C) groups is 1. The number of benzene rings is 1. The van der Waals surface area contributed by atoms with E-state index in [2.05, 4.69) is 24.2 Å². The Labute approximate surface area is 149 Å². The van der Waals surface area contributed by atoms with E-state index >= 15 is 0 Å². The molecular formula is C19H27N3O3. The number of methoxy groups -OCH3 is 2. The SMILES string of the molecule is COc1ccc(NC2=C(C)C(=NCC(N)=O)CC(C)(C)C2)cc1OC. The fourth-order valence-electron chi connectivity index (χ4n) is 3.01. The van der Waals surface area contributed by atoms with E-state index in [1.807, 2.05) is 25.1 Å². The van der Waals surface area contributed by atoms with Crippen molar-refractivity contribution in [1.82, 2.24) is 0 Å².